The smallest absolute Gasteiger partial charge is 0.221 e. The van der Waals surface area contributed by atoms with Gasteiger partial charge in [0.05, 0.1) is 12.2 Å². The summed E-state index contributed by atoms with van der Waals surface area (Å²) in [6.45, 7) is 3.87. The van der Waals surface area contributed by atoms with E-state index in [0.717, 1.165) is 24.5 Å². The molecule has 0 aliphatic carbocycles. The first-order valence-electron chi connectivity index (χ1n) is 5.72. The Bertz CT molecular complexity index is 397. The number of aryl methyl sites for hydroxylation is 1. The Morgan fingerprint density at radius 1 is 1.38 bits per heavy atom. The third-order valence-electron chi connectivity index (χ3n) is 3.31. The second kappa shape index (κ2) is 3.59. The molecular formula is C11H16N4O. The number of nitrogens with zero attached hydrogens (tertiary/aromatic N) is 3. The van der Waals surface area contributed by atoms with Gasteiger partial charge in [-0.05, 0) is 19.8 Å². The van der Waals surface area contributed by atoms with Crippen molar-refractivity contribution < 1.29 is 4.74 Å². The monoisotopic (exact) mass is 220 g/mol. The van der Waals surface area contributed by atoms with Crippen LogP contribution >= 0.6 is 0 Å². The van der Waals surface area contributed by atoms with Crippen LogP contribution in [0.2, 0.25) is 0 Å². The molecule has 16 heavy (non-hydrogen) atoms. The van der Waals surface area contributed by atoms with E-state index in [2.05, 4.69) is 14.9 Å². The fourth-order valence-corrected chi connectivity index (χ4v) is 2.55. The van der Waals surface area contributed by atoms with Gasteiger partial charge in [0.1, 0.15) is 5.82 Å². The molecule has 2 saturated heterocycles. The van der Waals surface area contributed by atoms with E-state index in [-0.39, 0.29) is 0 Å². The highest BCUT2D eigenvalue weighted by Crippen LogP contribution is 2.30. The number of ether oxygens (including phenoxy) is 1. The molecule has 0 amide bonds. The first-order chi connectivity index (χ1) is 7.72. The van der Waals surface area contributed by atoms with E-state index in [1.165, 1.54) is 12.8 Å². The molecular weight excluding hydrogens is 204 g/mol. The van der Waals surface area contributed by atoms with Crippen LogP contribution in [0.3, 0.4) is 0 Å². The molecule has 0 radical (unpaired) electrons. The SMILES string of the molecule is Cc1cnc(N)nc1N1CC2CCC(C1)O2. The molecule has 2 bridgehead atoms. The largest absolute Gasteiger partial charge is 0.371 e. The molecule has 3 rings (SSSR count). The van der Waals surface area contributed by atoms with Crippen molar-refractivity contribution in [2.24, 2.45) is 0 Å². The number of morpholine rings is 1. The Morgan fingerprint density at radius 2 is 2.06 bits per heavy atom. The van der Waals surface area contributed by atoms with Gasteiger partial charge in [0.15, 0.2) is 0 Å². The van der Waals surface area contributed by atoms with Gasteiger partial charge in [-0.25, -0.2) is 4.98 Å². The molecule has 2 aliphatic rings. The molecule has 1 aromatic heterocycles. The first-order valence-corrected chi connectivity index (χ1v) is 5.72. The molecule has 3 heterocycles. The summed E-state index contributed by atoms with van der Waals surface area (Å²) in [5, 5.41) is 0. The molecule has 0 saturated carbocycles. The van der Waals surface area contributed by atoms with Crippen LogP contribution in [0.15, 0.2) is 6.20 Å². The molecule has 5 nitrogen and oxygen atoms in total. The van der Waals surface area contributed by atoms with Crippen LogP contribution in [0.4, 0.5) is 11.8 Å². The van der Waals surface area contributed by atoms with E-state index < -0.39 is 0 Å². The highest BCUT2D eigenvalue weighted by Gasteiger charge is 2.34. The van der Waals surface area contributed by atoms with Crippen molar-refractivity contribution in [3.63, 3.8) is 0 Å². The van der Waals surface area contributed by atoms with Crippen molar-refractivity contribution in [3.8, 4) is 0 Å². The summed E-state index contributed by atoms with van der Waals surface area (Å²) in [7, 11) is 0. The maximum Gasteiger partial charge on any atom is 0.221 e. The standard InChI is InChI=1S/C11H16N4O/c1-7-4-13-11(12)14-10(7)15-5-8-2-3-9(6-15)16-8/h4,8-9H,2-3,5-6H2,1H3,(H2,12,13,14). The quantitative estimate of drug-likeness (QED) is 0.756. The molecule has 2 fully saturated rings. The molecule has 86 valence electrons. The lowest BCUT2D eigenvalue weighted by Gasteiger charge is -2.33. The van der Waals surface area contributed by atoms with Gasteiger partial charge in [0, 0.05) is 24.8 Å². The highest BCUT2D eigenvalue weighted by atomic mass is 16.5. The zero-order valence-corrected chi connectivity index (χ0v) is 9.39. The number of rotatable bonds is 1. The van der Waals surface area contributed by atoms with Gasteiger partial charge < -0.3 is 15.4 Å². The van der Waals surface area contributed by atoms with E-state index in [1.807, 2.05) is 6.92 Å². The first kappa shape index (κ1) is 9.84. The summed E-state index contributed by atoms with van der Waals surface area (Å²) in [5.41, 5.74) is 6.72. The zero-order chi connectivity index (χ0) is 11.1. The molecule has 5 heteroatoms. The lowest BCUT2D eigenvalue weighted by Crippen LogP contribution is -2.43. The summed E-state index contributed by atoms with van der Waals surface area (Å²) < 4.78 is 5.80. The number of nitrogens with two attached hydrogens (primary N) is 1. The molecule has 2 N–H and O–H groups in total. The third-order valence-corrected chi connectivity index (χ3v) is 3.31. The van der Waals surface area contributed by atoms with E-state index in [1.54, 1.807) is 6.20 Å². The average Bonchev–Trinajstić information content (AvgIpc) is 2.61. The van der Waals surface area contributed by atoms with Crippen molar-refractivity contribution >= 4 is 11.8 Å². The molecule has 2 atom stereocenters. The fraction of sp³-hybridized carbons (Fsp3) is 0.636. The number of hydrogen-bond donors (Lipinski definition) is 1. The van der Waals surface area contributed by atoms with Gasteiger partial charge in [-0.15, -0.1) is 0 Å². The Kier molecular flexibility index (Phi) is 2.21. The second-order valence-corrected chi connectivity index (χ2v) is 4.60. The van der Waals surface area contributed by atoms with Gasteiger partial charge in [0.25, 0.3) is 0 Å². The van der Waals surface area contributed by atoms with Gasteiger partial charge in [-0.3, -0.25) is 0 Å². The van der Waals surface area contributed by atoms with Crippen molar-refractivity contribution in [3.05, 3.63) is 11.8 Å². The summed E-state index contributed by atoms with van der Waals surface area (Å²) >= 11 is 0. The minimum absolute atomic E-state index is 0.347. The van der Waals surface area contributed by atoms with Crippen molar-refractivity contribution in [1.29, 1.82) is 0 Å². The van der Waals surface area contributed by atoms with Gasteiger partial charge in [0.2, 0.25) is 5.95 Å². The molecule has 0 aromatic carbocycles. The fourth-order valence-electron chi connectivity index (χ4n) is 2.55. The van der Waals surface area contributed by atoms with E-state index >= 15 is 0 Å². The van der Waals surface area contributed by atoms with Crippen LogP contribution in [-0.4, -0.2) is 35.3 Å². The predicted octanol–water partition coefficient (Wildman–Crippen LogP) is 0.735. The normalized spacial score (nSPS) is 28.4. The highest BCUT2D eigenvalue weighted by molar-refractivity contribution is 5.48. The van der Waals surface area contributed by atoms with Crippen molar-refractivity contribution in [2.45, 2.75) is 32.0 Å². The summed E-state index contributed by atoms with van der Waals surface area (Å²) in [6, 6.07) is 0. The number of fused-ring (bicyclic) bond motifs is 2. The van der Waals surface area contributed by atoms with Crippen LogP contribution in [0.1, 0.15) is 18.4 Å². The Morgan fingerprint density at radius 3 is 2.75 bits per heavy atom. The Hall–Kier alpha value is -1.36. The Balaban J connectivity index is 1.89. The maximum atomic E-state index is 5.80. The maximum absolute atomic E-state index is 5.80. The lowest BCUT2D eigenvalue weighted by molar-refractivity contribution is 0.0302. The van der Waals surface area contributed by atoms with Crippen LogP contribution in [0.5, 0.6) is 0 Å². The number of nitrogen functional groups attached to an aromatic ring is 1. The summed E-state index contributed by atoms with van der Waals surface area (Å²) in [6.07, 6.45) is 4.86. The summed E-state index contributed by atoms with van der Waals surface area (Å²) in [4.78, 5) is 10.6. The van der Waals surface area contributed by atoms with Gasteiger partial charge in [-0.2, -0.15) is 4.98 Å². The summed E-state index contributed by atoms with van der Waals surface area (Å²) in [5.74, 6) is 1.31. The van der Waals surface area contributed by atoms with Crippen LogP contribution < -0.4 is 10.6 Å². The molecule has 2 unspecified atom stereocenters. The van der Waals surface area contributed by atoms with Crippen LogP contribution in [-0.2, 0) is 4.74 Å². The van der Waals surface area contributed by atoms with Gasteiger partial charge in [-0.1, -0.05) is 0 Å². The van der Waals surface area contributed by atoms with E-state index in [0.29, 0.717) is 18.2 Å². The minimum Gasteiger partial charge on any atom is -0.371 e. The van der Waals surface area contributed by atoms with E-state index in [9.17, 15) is 0 Å². The molecule has 2 aliphatic heterocycles. The predicted molar refractivity (Wildman–Crippen MR) is 61.3 cm³/mol. The second-order valence-electron chi connectivity index (χ2n) is 4.60. The zero-order valence-electron chi connectivity index (χ0n) is 9.39. The van der Waals surface area contributed by atoms with Gasteiger partial charge >= 0.3 is 0 Å². The Labute approximate surface area is 94.6 Å². The topological polar surface area (TPSA) is 64.3 Å². The number of anilines is 2. The van der Waals surface area contributed by atoms with Crippen molar-refractivity contribution in [1.82, 2.24) is 9.97 Å². The van der Waals surface area contributed by atoms with Crippen LogP contribution in [0, 0.1) is 6.92 Å². The van der Waals surface area contributed by atoms with Crippen molar-refractivity contribution in [2.75, 3.05) is 23.7 Å². The third kappa shape index (κ3) is 1.61. The number of hydrogen-bond acceptors (Lipinski definition) is 5. The van der Waals surface area contributed by atoms with Crippen LogP contribution in [0.25, 0.3) is 0 Å². The minimum atomic E-state index is 0.347. The number of aromatic nitrogens is 2. The lowest BCUT2D eigenvalue weighted by atomic mass is 10.2. The molecule has 0 spiro atoms. The van der Waals surface area contributed by atoms with E-state index in [4.69, 9.17) is 10.5 Å². The molecule has 1 aromatic rings. The average molecular weight is 220 g/mol.